The van der Waals surface area contributed by atoms with Crippen LogP contribution in [0, 0.1) is 11.6 Å². The van der Waals surface area contributed by atoms with E-state index < -0.39 is 0 Å². The topological polar surface area (TPSA) is 42.2 Å². The van der Waals surface area contributed by atoms with Crippen LogP contribution in [0.2, 0.25) is 0 Å². The van der Waals surface area contributed by atoms with Crippen molar-refractivity contribution in [2.75, 3.05) is 12.4 Å². The predicted molar refractivity (Wildman–Crippen MR) is 93.3 cm³/mol. The highest BCUT2D eigenvalue weighted by atomic mass is 19.1. The van der Waals surface area contributed by atoms with Gasteiger partial charge < -0.3 is 5.32 Å². The normalized spacial score (nSPS) is 11.0. The average molecular weight is 336 g/mol. The first-order valence-corrected chi connectivity index (χ1v) is 7.73. The molecule has 0 unspecified atom stereocenters. The molecule has 2 aromatic carbocycles. The zero-order chi connectivity index (χ0) is 17.4. The number of imidazole rings is 1. The van der Waals surface area contributed by atoms with Crippen LogP contribution in [0.4, 0.5) is 14.6 Å². The lowest BCUT2D eigenvalue weighted by Crippen LogP contribution is -2.01. The fourth-order valence-corrected chi connectivity index (χ4v) is 2.83. The van der Waals surface area contributed by atoms with E-state index in [1.807, 2.05) is 4.40 Å². The van der Waals surface area contributed by atoms with Gasteiger partial charge in [-0.25, -0.2) is 18.7 Å². The van der Waals surface area contributed by atoms with Crippen LogP contribution in [-0.4, -0.2) is 21.4 Å². The van der Waals surface area contributed by atoms with Crippen molar-refractivity contribution in [3.8, 4) is 22.5 Å². The summed E-state index contributed by atoms with van der Waals surface area (Å²) in [7, 11) is 1.77. The van der Waals surface area contributed by atoms with E-state index >= 15 is 0 Å². The first kappa shape index (κ1) is 15.3. The molecule has 124 valence electrons. The summed E-state index contributed by atoms with van der Waals surface area (Å²) in [5, 5.41) is 3.02. The number of anilines is 1. The van der Waals surface area contributed by atoms with Gasteiger partial charge in [-0.15, -0.1) is 0 Å². The summed E-state index contributed by atoms with van der Waals surface area (Å²) in [6.45, 7) is 0. The van der Waals surface area contributed by atoms with Gasteiger partial charge in [-0.3, -0.25) is 4.40 Å². The number of benzene rings is 2. The number of aromatic nitrogens is 3. The number of nitrogens with one attached hydrogen (secondary N) is 1. The molecule has 2 heterocycles. The second kappa shape index (κ2) is 5.98. The Kier molecular flexibility index (Phi) is 3.65. The second-order valence-corrected chi connectivity index (χ2v) is 5.56. The van der Waals surface area contributed by atoms with E-state index in [4.69, 9.17) is 0 Å². The molecule has 0 atom stereocenters. The third-order valence-corrected chi connectivity index (χ3v) is 4.05. The molecule has 6 heteroatoms. The van der Waals surface area contributed by atoms with Crippen molar-refractivity contribution in [1.29, 1.82) is 0 Å². The van der Waals surface area contributed by atoms with Crippen molar-refractivity contribution in [3.05, 3.63) is 72.6 Å². The van der Waals surface area contributed by atoms with Gasteiger partial charge in [-0.2, -0.15) is 0 Å². The largest absolute Gasteiger partial charge is 0.370 e. The van der Waals surface area contributed by atoms with Crippen molar-refractivity contribution in [3.63, 3.8) is 0 Å². The molecule has 0 aliphatic heterocycles. The van der Waals surface area contributed by atoms with Crippen molar-refractivity contribution >= 4 is 11.5 Å². The van der Waals surface area contributed by atoms with Gasteiger partial charge in [0.25, 0.3) is 0 Å². The molecular formula is C19H14F2N4. The molecule has 0 saturated heterocycles. The van der Waals surface area contributed by atoms with Crippen LogP contribution in [0.1, 0.15) is 0 Å². The van der Waals surface area contributed by atoms with Crippen molar-refractivity contribution in [2.24, 2.45) is 0 Å². The molecule has 0 bridgehead atoms. The summed E-state index contributed by atoms with van der Waals surface area (Å²) >= 11 is 0. The minimum Gasteiger partial charge on any atom is -0.370 e. The summed E-state index contributed by atoms with van der Waals surface area (Å²) < 4.78 is 28.5. The third kappa shape index (κ3) is 2.61. The van der Waals surface area contributed by atoms with Crippen LogP contribution in [-0.2, 0) is 0 Å². The highest BCUT2D eigenvalue weighted by molar-refractivity contribution is 5.76. The summed E-state index contributed by atoms with van der Waals surface area (Å²) in [5.74, 6) is 0.0253. The Labute approximate surface area is 142 Å². The maximum absolute atomic E-state index is 13.3. The molecule has 4 aromatic rings. The van der Waals surface area contributed by atoms with Crippen LogP contribution in [0.5, 0.6) is 0 Å². The Morgan fingerprint density at radius 2 is 1.24 bits per heavy atom. The quantitative estimate of drug-likeness (QED) is 0.603. The molecule has 1 N–H and O–H groups in total. The number of nitrogens with zero attached hydrogens (tertiary/aromatic N) is 3. The van der Waals surface area contributed by atoms with E-state index in [1.54, 1.807) is 43.7 Å². The van der Waals surface area contributed by atoms with Gasteiger partial charge in [0, 0.05) is 18.2 Å². The van der Waals surface area contributed by atoms with E-state index in [2.05, 4.69) is 15.3 Å². The minimum absolute atomic E-state index is 0.297. The molecule has 25 heavy (non-hydrogen) atoms. The molecule has 0 radical (unpaired) electrons. The van der Waals surface area contributed by atoms with Crippen LogP contribution >= 0.6 is 0 Å². The van der Waals surface area contributed by atoms with E-state index in [-0.39, 0.29) is 11.6 Å². The molecule has 0 aliphatic rings. The lowest BCUT2D eigenvalue weighted by atomic mass is 10.1. The van der Waals surface area contributed by atoms with Crippen LogP contribution in [0.3, 0.4) is 0 Å². The van der Waals surface area contributed by atoms with Crippen LogP contribution in [0.25, 0.3) is 28.2 Å². The monoisotopic (exact) mass is 336 g/mol. The standard InChI is InChI=1S/C19H14F2N4/c1-22-18-19-24-11-17(13-4-8-15(21)9-5-13)25(19)16(10-23-18)12-2-6-14(20)7-3-12/h2-11H,1H3,(H,22,23). The summed E-state index contributed by atoms with van der Waals surface area (Å²) in [5.41, 5.74) is 3.84. The van der Waals surface area contributed by atoms with Crippen molar-refractivity contribution in [1.82, 2.24) is 14.4 Å². The maximum Gasteiger partial charge on any atom is 0.181 e. The smallest absolute Gasteiger partial charge is 0.181 e. The van der Waals surface area contributed by atoms with Gasteiger partial charge in [0.15, 0.2) is 11.5 Å². The van der Waals surface area contributed by atoms with Gasteiger partial charge >= 0.3 is 0 Å². The molecule has 4 rings (SSSR count). The number of rotatable bonds is 3. The zero-order valence-corrected chi connectivity index (χ0v) is 13.4. The lowest BCUT2D eigenvalue weighted by Gasteiger charge is -2.11. The molecule has 4 nitrogen and oxygen atoms in total. The Balaban J connectivity index is 2.01. The first-order chi connectivity index (χ1) is 12.2. The van der Waals surface area contributed by atoms with E-state index in [0.717, 1.165) is 22.5 Å². The molecule has 2 aromatic heterocycles. The van der Waals surface area contributed by atoms with Gasteiger partial charge in [0.1, 0.15) is 11.6 Å². The van der Waals surface area contributed by atoms with E-state index in [1.165, 1.54) is 24.3 Å². The average Bonchev–Trinajstić information content (AvgIpc) is 3.08. The van der Waals surface area contributed by atoms with Crippen molar-refractivity contribution in [2.45, 2.75) is 0 Å². The molecule has 0 spiro atoms. The number of halogens is 2. The predicted octanol–water partition coefficient (Wildman–Crippen LogP) is 4.38. The van der Waals surface area contributed by atoms with Gasteiger partial charge in [-0.1, -0.05) is 0 Å². The molecule has 0 aliphatic carbocycles. The first-order valence-electron chi connectivity index (χ1n) is 7.73. The van der Waals surface area contributed by atoms with Gasteiger partial charge in [-0.05, 0) is 48.5 Å². The van der Waals surface area contributed by atoms with Gasteiger partial charge in [0.05, 0.1) is 23.8 Å². The molecule has 0 amide bonds. The molecule has 0 saturated carbocycles. The summed E-state index contributed by atoms with van der Waals surface area (Å²) in [4.78, 5) is 8.86. The van der Waals surface area contributed by atoms with Crippen molar-refractivity contribution < 1.29 is 8.78 Å². The SMILES string of the molecule is CNc1ncc(-c2ccc(F)cc2)n2c(-c3ccc(F)cc3)cnc12. The number of hydrogen-bond acceptors (Lipinski definition) is 3. The second-order valence-electron chi connectivity index (χ2n) is 5.56. The fourth-order valence-electron chi connectivity index (χ4n) is 2.83. The minimum atomic E-state index is -0.302. The third-order valence-electron chi connectivity index (χ3n) is 4.05. The van der Waals surface area contributed by atoms with E-state index in [9.17, 15) is 8.78 Å². The summed E-state index contributed by atoms with van der Waals surface area (Å²) in [6.07, 6.45) is 3.43. The van der Waals surface area contributed by atoms with Crippen LogP contribution < -0.4 is 5.32 Å². The molecule has 0 fully saturated rings. The number of fused-ring (bicyclic) bond motifs is 1. The Morgan fingerprint density at radius 3 is 1.72 bits per heavy atom. The number of hydrogen-bond donors (Lipinski definition) is 1. The zero-order valence-electron chi connectivity index (χ0n) is 13.4. The lowest BCUT2D eigenvalue weighted by molar-refractivity contribution is 0.627. The highest BCUT2D eigenvalue weighted by Crippen LogP contribution is 2.30. The Hall–Kier alpha value is -3.28. The molecular weight excluding hydrogens is 322 g/mol. The summed E-state index contributed by atoms with van der Waals surface area (Å²) in [6, 6.07) is 12.4. The Bertz CT molecular complexity index is 1040. The highest BCUT2D eigenvalue weighted by Gasteiger charge is 2.15. The van der Waals surface area contributed by atoms with Gasteiger partial charge in [0.2, 0.25) is 0 Å². The van der Waals surface area contributed by atoms with Crippen LogP contribution in [0.15, 0.2) is 60.9 Å². The maximum atomic E-state index is 13.3. The Morgan fingerprint density at radius 1 is 0.760 bits per heavy atom. The fraction of sp³-hybridized carbons (Fsp3) is 0.0526. The van der Waals surface area contributed by atoms with E-state index in [0.29, 0.717) is 11.5 Å².